The highest BCUT2D eigenvalue weighted by atomic mass is 16.1. The highest BCUT2D eigenvalue weighted by molar-refractivity contribution is 5.90. The van der Waals surface area contributed by atoms with Crippen molar-refractivity contribution in [1.82, 2.24) is 4.90 Å². The molecule has 10 heavy (non-hydrogen) atoms. The molecule has 0 unspecified atom stereocenters. The minimum absolute atomic E-state index is 0.415. The van der Waals surface area contributed by atoms with E-state index in [2.05, 4.69) is 11.8 Å². The molecular weight excluding hydrogens is 126 g/mol. The maximum absolute atomic E-state index is 11.1. The summed E-state index contributed by atoms with van der Waals surface area (Å²) in [6.45, 7) is 5.34. The fourth-order valence-corrected chi connectivity index (χ4v) is 2.03. The normalized spacial score (nSPS) is 39.5. The number of fused-ring (bicyclic) bond motifs is 2. The summed E-state index contributed by atoms with van der Waals surface area (Å²) in [7, 11) is 0. The molecule has 56 valence electrons. The van der Waals surface area contributed by atoms with Crippen LogP contribution in [-0.4, -0.2) is 30.3 Å². The molecule has 2 saturated heterocycles. The average Bonchev–Trinajstić information content (AvgIpc) is 2.04. The van der Waals surface area contributed by atoms with Crippen LogP contribution >= 0.6 is 0 Å². The summed E-state index contributed by atoms with van der Waals surface area (Å²) in [4.78, 5) is 13.5. The first kappa shape index (κ1) is 6.35. The molecule has 0 amide bonds. The van der Waals surface area contributed by atoms with Crippen molar-refractivity contribution in [3.8, 4) is 0 Å². The fraction of sp³-hybridized carbons (Fsp3) is 0.875. The van der Waals surface area contributed by atoms with Crippen molar-refractivity contribution in [2.45, 2.75) is 13.3 Å². The molecule has 2 atom stereocenters. The van der Waals surface area contributed by atoms with Crippen LogP contribution in [0.15, 0.2) is 0 Å². The lowest BCUT2D eigenvalue weighted by molar-refractivity contribution is -0.143. The van der Waals surface area contributed by atoms with E-state index in [9.17, 15) is 4.79 Å². The molecule has 2 heterocycles. The number of hydrogen-bond acceptors (Lipinski definition) is 2. The van der Waals surface area contributed by atoms with E-state index in [0.717, 1.165) is 19.6 Å². The van der Waals surface area contributed by atoms with E-state index in [4.69, 9.17) is 0 Å². The van der Waals surface area contributed by atoms with Gasteiger partial charge in [-0.2, -0.15) is 0 Å². The molecule has 2 bridgehead atoms. The summed E-state index contributed by atoms with van der Waals surface area (Å²) >= 11 is 0. The molecule has 0 N–H and O–H groups in total. The van der Waals surface area contributed by atoms with Gasteiger partial charge in [0.2, 0.25) is 0 Å². The van der Waals surface area contributed by atoms with Crippen LogP contribution in [0.2, 0.25) is 0 Å². The molecule has 1 saturated carbocycles. The van der Waals surface area contributed by atoms with Crippen LogP contribution in [0, 0.1) is 11.8 Å². The quantitative estimate of drug-likeness (QED) is 0.528. The summed E-state index contributed by atoms with van der Waals surface area (Å²) in [5, 5.41) is 0. The molecule has 0 radical (unpaired) electrons. The Bertz CT molecular complexity index is 153. The first-order chi connectivity index (χ1) is 4.81. The first-order valence-electron chi connectivity index (χ1n) is 4.07. The van der Waals surface area contributed by atoms with Crippen molar-refractivity contribution in [1.29, 1.82) is 0 Å². The second kappa shape index (κ2) is 2.06. The Morgan fingerprint density at radius 3 is 2.50 bits per heavy atom. The van der Waals surface area contributed by atoms with E-state index in [0.29, 0.717) is 17.6 Å². The van der Waals surface area contributed by atoms with E-state index in [-0.39, 0.29) is 0 Å². The van der Waals surface area contributed by atoms with Gasteiger partial charge in [-0.05, 0) is 13.0 Å². The predicted octanol–water partition coefficient (Wildman–Crippen LogP) is 0.527. The number of piperidine rings is 2. The fourth-order valence-electron chi connectivity index (χ4n) is 2.03. The molecule has 0 aromatic rings. The van der Waals surface area contributed by atoms with Gasteiger partial charge in [0, 0.05) is 24.9 Å². The largest absolute Gasteiger partial charge is 0.302 e. The number of carbonyl (C=O) groups excluding carboxylic acids is 1. The highest BCUT2D eigenvalue weighted by Crippen LogP contribution is 2.35. The zero-order valence-corrected chi connectivity index (χ0v) is 6.34. The third kappa shape index (κ3) is 0.717. The van der Waals surface area contributed by atoms with Crippen LogP contribution in [0.4, 0.5) is 0 Å². The molecule has 3 rings (SSSR count). The molecule has 0 aromatic heterocycles. The van der Waals surface area contributed by atoms with Crippen molar-refractivity contribution in [3.05, 3.63) is 0 Å². The smallest absolute Gasteiger partial charge is 0.141 e. The Morgan fingerprint density at radius 1 is 1.50 bits per heavy atom. The van der Waals surface area contributed by atoms with E-state index in [1.807, 2.05) is 0 Å². The zero-order valence-electron chi connectivity index (χ0n) is 6.34. The average molecular weight is 139 g/mol. The van der Waals surface area contributed by atoms with E-state index in [1.54, 1.807) is 0 Å². The molecule has 0 aromatic carbocycles. The minimum atomic E-state index is 0.415. The van der Waals surface area contributed by atoms with Crippen LogP contribution in [-0.2, 0) is 4.79 Å². The van der Waals surface area contributed by atoms with Gasteiger partial charge in [-0.25, -0.2) is 0 Å². The standard InChI is InChI=1S/C8H13NO/c1-2-9-4-6-3-7(5-9)8(6)10/h6-7H,2-5H2,1H3/t6-,7+. The van der Waals surface area contributed by atoms with Crippen molar-refractivity contribution < 1.29 is 4.79 Å². The van der Waals surface area contributed by atoms with Gasteiger partial charge in [0.05, 0.1) is 0 Å². The maximum Gasteiger partial charge on any atom is 0.141 e. The van der Waals surface area contributed by atoms with Crippen LogP contribution in [0.25, 0.3) is 0 Å². The molecule has 2 aliphatic heterocycles. The Hall–Kier alpha value is -0.370. The SMILES string of the molecule is CCN1C[C@H]2C[C@@H](C1)C2=O. The molecular formula is C8H13NO. The minimum Gasteiger partial charge on any atom is -0.302 e. The monoisotopic (exact) mass is 139 g/mol. The lowest BCUT2D eigenvalue weighted by Crippen LogP contribution is -2.55. The van der Waals surface area contributed by atoms with Crippen molar-refractivity contribution >= 4 is 5.78 Å². The molecule has 1 aliphatic carbocycles. The van der Waals surface area contributed by atoms with Gasteiger partial charge in [-0.15, -0.1) is 0 Å². The Morgan fingerprint density at radius 2 is 2.10 bits per heavy atom. The van der Waals surface area contributed by atoms with Crippen LogP contribution < -0.4 is 0 Å². The Kier molecular flexibility index (Phi) is 1.31. The lowest BCUT2D eigenvalue weighted by Gasteiger charge is -2.45. The van der Waals surface area contributed by atoms with E-state index in [1.165, 1.54) is 6.42 Å². The number of Topliss-reactive ketones (excluding diaryl/α,β-unsaturated/α-hetero) is 1. The number of hydrogen-bond donors (Lipinski definition) is 0. The van der Waals surface area contributed by atoms with Gasteiger partial charge < -0.3 is 4.90 Å². The third-order valence-electron chi connectivity index (χ3n) is 2.78. The van der Waals surface area contributed by atoms with Crippen molar-refractivity contribution in [2.75, 3.05) is 19.6 Å². The Labute approximate surface area is 61.2 Å². The summed E-state index contributed by atoms with van der Waals surface area (Å²) in [5.41, 5.74) is 0. The number of carbonyl (C=O) groups is 1. The topological polar surface area (TPSA) is 20.3 Å². The van der Waals surface area contributed by atoms with Gasteiger partial charge in [-0.3, -0.25) is 4.79 Å². The van der Waals surface area contributed by atoms with Crippen molar-refractivity contribution in [3.63, 3.8) is 0 Å². The first-order valence-corrected chi connectivity index (χ1v) is 4.07. The Balaban J connectivity index is 1.99. The van der Waals surface area contributed by atoms with Gasteiger partial charge in [0.1, 0.15) is 5.78 Å². The third-order valence-corrected chi connectivity index (χ3v) is 2.78. The van der Waals surface area contributed by atoms with Gasteiger partial charge >= 0.3 is 0 Å². The molecule has 2 heteroatoms. The molecule has 2 nitrogen and oxygen atoms in total. The zero-order chi connectivity index (χ0) is 7.14. The summed E-state index contributed by atoms with van der Waals surface area (Å²) in [6, 6.07) is 0. The van der Waals surface area contributed by atoms with Gasteiger partial charge in [0.25, 0.3) is 0 Å². The highest BCUT2D eigenvalue weighted by Gasteiger charge is 2.44. The molecule has 0 spiro atoms. The number of nitrogens with zero attached hydrogens (tertiary/aromatic N) is 1. The number of rotatable bonds is 1. The summed E-state index contributed by atoms with van der Waals surface area (Å²) in [6.07, 6.45) is 1.18. The summed E-state index contributed by atoms with van der Waals surface area (Å²) < 4.78 is 0. The van der Waals surface area contributed by atoms with E-state index >= 15 is 0 Å². The second-order valence-corrected chi connectivity index (χ2v) is 3.38. The van der Waals surface area contributed by atoms with E-state index < -0.39 is 0 Å². The molecule has 3 aliphatic rings. The maximum atomic E-state index is 11.1. The van der Waals surface area contributed by atoms with Crippen molar-refractivity contribution in [2.24, 2.45) is 11.8 Å². The second-order valence-electron chi connectivity index (χ2n) is 3.38. The van der Waals surface area contributed by atoms with Gasteiger partial charge in [-0.1, -0.05) is 6.92 Å². The van der Waals surface area contributed by atoms with Gasteiger partial charge in [0.15, 0.2) is 0 Å². The van der Waals surface area contributed by atoms with Crippen LogP contribution in [0.3, 0.4) is 0 Å². The summed E-state index contributed by atoms with van der Waals surface area (Å²) in [5.74, 6) is 1.36. The molecule has 3 fully saturated rings. The van der Waals surface area contributed by atoms with Crippen LogP contribution in [0.5, 0.6) is 0 Å². The number of ketones is 1. The predicted molar refractivity (Wildman–Crippen MR) is 38.7 cm³/mol. The van der Waals surface area contributed by atoms with Crippen LogP contribution in [0.1, 0.15) is 13.3 Å². The lowest BCUT2D eigenvalue weighted by atomic mass is 9.70.